The van der Waals surface area contributed by atoms with Crippen molar-refractivity contribution in [2.75, 3.05) is 23.7 Å². The van der Waals surface area contributed by atoms with Crippen LogP contribution in [0.25, 0.3) is 10.9 Å². The summed E-state index contributed by atoms with van der Waals surface area (Å²) in [4.78, 5) is 53.4. The number of hydrogen-bond donors (Lipinski definition) is 4. The lowest BCUT2D eigenvalue weighted by atomic mass is 10.0. The van der Waals surface area contributed by atoms with E-state index in [1.54, 1.807) is 19.9 Å². The highest BCUT2D eigenvalue weighted by molar-refractivity contribution is 6.32. The van der Waals surface area contributed by atoms with Gasteiger partial charge in [-0.3, -0.25) is 23.9 Å². The molecule has 0 radical (unpaired) electrons. The Morgan fingerprint density at radius 3 is 2.06 bits per heavy atom. The minimum atomic E-state index is -5.00. The van der Waals surface area contributed by atoms with E-state index >= 15 is 0 Å². The smallest absolute Gasteiger partial charge is 0.416 e. The first kappa shape index (κ1) is 37.2. The maximum atomic E-state index is 14.4. The van der Waals surface area contributed by atoms with Crippen molar-refractivity contribution in [1.29, 1.82) is 0 Å². The van der Waals surface area contributed by atoms with E-state index in [2.05, 4.69) is 26.4 Å². The molecule has 4 aromatic carbocycles. The van der Waals surface area contributed by atoms with E-state index in [0.29, 0.717) is 12.1 Å². The monoisotopic (exact) mass is 742 g/mol. The van der Waals surface area contributed by atoms with E-state index in [4.69, 9.17) is 16.3 Å². The fourth-order valence-electron chi connectivity index (χ4n) is 5.23. The van der Waals surface area contributed by atoms with Gasteiger partial charge in [0.05, 0.1) is 43.9 Å². The summed E-state index contributed by atoms with van der Waals surface area (Å²) >= 11 is 6.31. The molecule has 0 fully saturated rings. The van der Waals surface area contributed by atoms with Crippen LogP contribution in [0.2, 0.25) is 5.02 Å². The van der Waals surface area contributed by atoms with E-state index in [0.717, 1.165) is 18.2 Å². The second-order valence-corrected chi connectivity index (χ2v) is 11.5. The zero-order valence-electron chi connectivity index (χ0n) is 27.5. The van der Waals surface area contributed by atoms with Crippen LogP contribution in [0, 0.1) is 11.6 Å². The van der Waals surface area contributed by atoms with Gasteiger partial charge in [-0.2, -0.15) is 18.3 Å². The maximum absolute atomic E-state index is 14.4. The summed E-state index contributed by atoms with van der Waals surface area (Å²) in [6.45, 7) is 3.73. The Bertz CT molecular complexity index is 2240. The number of rotatable bonds is 10. The maximum Gasteiger partial charge on any atom is 0.416 e. The van der Waals surface area contributed by atoms with Gasteiger partial charge >= 0.3 is 6.18 Å². The predicted molar refractivity (Wildman–Crippen MR) is 182 cm³/mol. The van der Waals surface area contributed by atoms with Gasteiger partial charge in [0, 0.05) is 31.8 Å². The number of anilines is 2. The molecule has 4 N–H and O–H groups in total. The highest BCUT2D eigenvalue weighted by Gasteiger charge is 2.33. The van der Waals surface area contributed by atoms with E-state index in [-0.39, 0.29) is 69.0 Å². The van der Waals surface area contributed by atoms with E-state index in [1.165, 1.54) is 36.0 Å². The Morgan fingerprint density at radius 1 is 0.788 bits per heavy atom. The number of amides is 4. The molecule has 11 nitrogen and oxygen atoms in total. The predicted octanol–water partition coefficient (Wildman–Crippen LogP) is 7.32. The lowest BCUT2D eigenvalue weighted by Crippen LogP contribution is -2.26. The summed E-state index contributed by atoms with van der Waals surface area (Å²) in [5.74, 6) is -6.45. The molecule has 270 valence electrons. The standard InChI is InChI=1S/C35H28ClF5N6O5/c1-4-42-32(49)21-8-6-7-9-22(21)34(51)45-30-27-28(47(3)46-30)23(33(50)43-5-2)16-25(29(27)52-26-15-19(37)10-11-24(26)36)44-31(48)17-12-18(35(39,40)41)14-20(38)13-17/h6-16H,4-5H2,1-3H3,(H,42,49)(H,43,50)(H,44,48)(H,45,46,51). The van der Waals surface area contributed by atoms with Gasteiger partial charge in [0.15, 0.2) is 11.6 Å². The Labute approximate surface area is 297 Å². The highest BCUT2D eigenvalue weighted by Crippen LogP contribution is 2.45. The molecule has 0 aliphatic heterocycles. The Balaban J connectivity index is 1.76. The molecule has 0 bridgehead atoms. The number of carbonyl (C=O) groups excluding carboxylic acids is 4. The van der Waals surface area contributed by atoms with Crippen LogP contribution in [0.4, 0.5) is 33.5 Å². The summed E-state index contributed by atoms with van der Waals surface area (Å²) in [5, 5.41) is 14.3. The van der Waals surface area contributed by atoms with Crippen molar-refractivity contribution in [3.05, 3.63) is 111 Å². The number of carbonyl (C=O) groups is 4. The number of aromatic nitrogens is 2. The molecule has 1 aromatic heterocycles. The zero-order valence-corrected chi connectivity index (χ0v) is 28.2. The number of halogens is 6. The van der Waals surface area contributed by atoms with Gasteiger partial charge in [-0.15, -0.1) is 0 Å². The molecule has 0 atom stereocenters. The van der Waals surface area contributed by atoms with Crippen LogP contribution >= 0.6 is 11.6 Å². The third kappa shape index (κ3) is 7.81. The van der Waals surface area contributed by atoms with Crippen LogP contribution in [0.3, 0.4) is 0 Å². The molecule has 0 spiro atoms. The first-order chi connectivity index (χ1) is 24.6. The van der Waals surface area contributed by atoms with Crippen LogP contribution in [0.1, 0.15) is 60.8 Å². The van der Waals surface area contributed by atoms with Crippen molar-refractivity contribution in [3.63, 3.8) is 0 Å². The van der Waals surface area contributed by atoms with Gasteiger partial charge < -0.3 is 26.0 Å². The van der Waals surface area contributed by atoms with Crippen LogP contribution in [-0.2, 0) is 13.2 Å². The summed E-state index contributed by atoms with van der Waals surface area (Å²) in [6, 6.07) is 11.3. The summed E-state index contributed by atoms with van der Waals surface area (Å²) in [7, 11) is 1.42. The Kier molecular flexibility index (Phi) is 10.8. The summed E-state index contributed by atoms with van der Waals surface area (Å²) < 4.78 is 76.6. The van der Waals surface area contributed by atoms with Crippen LogP contribution in [0.5, 0.6) is 11.5 Å². The van der Waals surface area contributed by atoms with E-state index in [1.807, 2.05) is 0 Å². The van der Waals surface area contributed by atoms with Crippen molar-refractivity contribution in [1.82, 2.24) is 20.4 Å². The molecule has 5 rings (SSSR count). The molecule has 1 heterocycles. The molecule has 17 heteroatoms. The van der Waals surface area contributed by atoms with Gasteiger partial charge in [-0.1, -0.05) is 23.7 Å². The van der Waals surface area contributed by atoms with Gasteiger partial charge in [-0.05, 0) is 62.4 Å². The molecule has 0 saturated carbocycles. The van der Waals surface area contributed by atoms with Crippen molar-refractivity contribution in [2.45, 2.75) is 20.0 Å². The number of nitrogens with zero attached hydrogens (tertiary/aromatic N) is 2. The Morgan fingerprint density at radius 2 is 1.42 bits per heavy atom. The number of nitrogens with one attached hydrogen (secondary N) is 4. The summed E-state index contributed by atoms with van der Waals surface area (Å²) in [6.07, 6.45) is -5.00. The van der Waals surface area contributed by atoms with Gasteiger partial charge in [0.25, 0.3) is 23.6 Å². The first-order valence-corrected chi connectivity index (χ1v) is 15.8. The fraction of sp³-hybridized carbons (Fsp3) is 0.171. The molecule has 0 saturated heterocycles. The van der Waals surface area contributed by atoms with Gasteiger partial charge in [0.2, 0.25) is 0 Å². The Hall–Kier alpha value is -6.03. The SMILES string of the molecule is CCNC(=O)c1ccccc1C(=O)Nc1nn(C)c2c(C(=O)NCC)cc(NC(=O)c3cc(F)cc(C(F)(F)F)c3)c(Oc3cc(F)ccc3Cl)c12. The molecular weight excluding hydrogens is 715 g/mol. The lowest BCUT2D eigenvalue weighted by molar-refractivity contribution is -0.137. The highest BCUT2D eigenvalue weighted by atomic mass is 35.5. The molecular formula is C35H28ClF5N6O5. The molecule has 52 heavy (non-hydrogen) atoms. The van der Waals surface area contributed by atoms with Crippen molar-refractivity contribution in [3.8, 4) is 11.5 Å². The number of alkyl halides is 3. The largest absolute Gasteiger partial charge is 0.453 e. The van der Waals surface area contributed by atoms with Gasteiger partial charge in [0.1, 0.15) is 17.4 Å². The number of aryl methyl sites for hydroxylation is 1. The molecule has 5 aromatic rings. The zero-order chi connectivity index (χ0) is 37.9. The van der Waals surface area contributed by atoms with Crippen LogP contribution in [0.15, 0.2) is 66.7 Å². The number of benzene rings is 4. The number of hydrogen-bond acceptors (Lipinski definition) is 6. The quantitative estimate of drug-likeness (QED) is 0.111. The minimum Gasteiger partial charge on any atom is -0.453 e. The van der Waals surface area contributed by atoms with Crippen molar-refractivity contribution >= 4 is 57.6 Å². The van der Waals surface area contributed by atoms with E-state index < -0.39 is 58.3 Å². The normalized spacial score (nSPS) is 11.2. The molecule has 4 amide bonds. The number of ether oxygens (including phenoxy) is 1. The number of fused-ring (bicyclic) bond motifs is 1. The average molecular weight is 743 g/mol. The second-order valence-electron chi connectivity index (χ2n) is 11.1. The van der Waals surface area contributed by atoms with Crippen LogP contribution in [-0.4, -0.2) is 46.5 Å². The molecule has 0 aliphatic carbocycles. The third-order valence-electron chi connectivity index (χ3n) is 7.47. The molecule has 0 unspecified atom stereocenters. The fourth-order valence-corrected chi connectivity index (χ4v) is 5.39. The molecule has 0 aliphatic rings. The van der Waals surface area contributed by atoms with E-state index in [9.17, 15) is 41.1 Å². The van der Waals surface area contributed by atoms with Gasteiger partial charge in [-0.25, -0.2) is 8.78 Å². The lowest BCUT2D eigenvalue weighted by Gasteiger charge is -2.18. The third-order valence-corrected chi connectivity index (χ3v) is 7.78. The topological polar surface area (TPSA) is 143 Å². The van der Waals surface area contributed by atoms with Crippen molar-refractivity contribution in [2.24, 2.45) is 7.05 Å². The summed E-state index contributed by atoms with van der Waals surface area (Å²) in [5.41, 5.74) is -2.75. The van der Waals surface area contributed by atoms with Crippen molar-refractivity contribution < 1.29 is 45.9 Å². The van der Waals surface area contributed by atoms with Crippen LogP contribution < -0.4 is 26.0 Å². The average Bonchev–Trinajstić information content (AvgIpc) is 3.41. The second kappa shape index (κ2) is 15.1. The minimum absolute atomic E-state index is 0.0175. The first-order valence-electron chi connectivity index (χ1n) is 15.4.